The fourth-order valence-electron chi connectivity index (χ4n) is 1.11. The van der Waals surface area contributed by atoms with Crippen LogP contribution in [0.15, 0.2) is 18.3 Å². The first kappa shape index (κ1) is 12.9. The highest BCUT2D eigenvalue weighted by Gasteiger charge is 1.97. The average molecular weight is 225 g/mol. The highest BCUT2D eigenvalue weighted by atomic mass is 16.5. The quantitative estimate of drug-likeness (QED) is 0.716. The van der Waals surface area contributed by atoms with Crippen molar-refractivity contribution in [3.8, 4) is 5.88 Å². The molecule has 90 valence electrons. The molecule has 1 rings (SSSR count). The van der Waals surface area contributed by atoms with Gasteiger partial charge in [0.05, 0.1) is 13.2 Å². The summed E-state index contributed by atoms with van der Waals surface area (Å²) in [6.07, 6.45) is 1.60. The predicted octanol–water partition coefficient (Wildman–Crippen LogP) is 1.63. The van der Waals surface area contributed by atoms with Crippen molar-refractivity contribution >= 4 is 0 Å². The zero-order valence-corrected chi connectivity index (χ0v) is 9.85. The van der Waals surface area contributed by atoms with E-state index in [1.807, 2.05) is 0 Å². The van der Waals surface area contributed by atoms with Crippen molar-refractivity contribution < 1.29 is 14.6 Å². The Kier molecular flexibility index (Phi) is 5.82. The topological polar surface area (TPSA) is 51.6 Å². The largest absolute Gasteiger partial charge is 0.475 e. The molecule has 0 bridgehead atoms. The number of aliphatic hydroxyl groups excluding tert-OH is 1. The Morgan fingerprint density at radius 1 is 1.31 bits per heavy atom. The molecule has 1 heterocycles. The molecule has 0 atom stereocenters. The van der Waals surface area contributed by atoms with Crippen molar-refractivity contribution in [3.05, 3.63) is 23.9 Å². The van der Waals surface area contributed by atoms with Crippen LogP contribution in [-0.2, 0) is 11.3 Å². The van der Waals surface area contributed by atoms with E-state index in [9.17, 15) is 0 Å². The van der Waals surface area contributed by atoms with Crippen molar-refractivity contribution in [2.75, 3.05) is 19.8 Å². The van der Waals surface area contributed by atoms with E-state index in [-0.39, 0.29) is 6.61 Å². The molecule has 0 aliphatic heterocycles. The van der Waals surface area contributed by atoms with Crippen LogP contribution in [0.4, 0.5) is 0 Å². The summed E-state index contributed by atoms with van der Waals surface area (Å²) in [5.41, 5.74) is 0.781. The van der Waals surface area contributed by atoms with Gasteiger partial charge >= 0.3 is 0 Å². The van der Waals surface area contributed by atoms with Gasteiger partial charge in [0, 0.05) is 18.9 Å². The summed E-state index contributed by atoms with van der Waals surface area (Å²) in [4.78, 5) is 4.04. The maximum Gasteiger partial charge on any atom is 0.213 e. The second-order valence-corrected chi connectivity index (χ2v) is 3.98. The molecule has 4 nitrogen and oxygen atoms in total. The Morgan fingerprint density at radius 2 is 2.12 bits per heavy atom. The molecular formula is C12H19NO3. The smallest absolute Gasteiger partial charge is 0.213 e. The van der Waals surface area contributed by atoms with E-state index in [1.165, 1.54) is 0 Å². The van der Waals surface area contributed by atoms with E-state index in [1.54, 1.807) is 18.3 Å². The zero-order valence-electron chi connectivity index (χ0n) is 9.85. The Balaban J connectivity index is 2.16. The van der Waals surface area contributed by atoms with Gasteiger partial charge in [-0.3, -0.25) is 0 Å². The monoisotopic (exact) mass is 225 g/mol. The standard InChI is InChI=1S/C12H19NO3/c1-10(2)9-15-5-6-16-12-4-3-11(8-14)7-13-12/h3-4,7,10,14H,5-6,8-9H2,1-2H3. The summed E-state index contributed by atoms with van der Waals surface area (Å²) in [5, 5.41) is 8.83. The molecule has 0 aliphatic rings. The Bertz CT molecular complexity index is 285. The fraction of sp³-hybridized carbons (Fsp3) is 0.583. The van der Waals surface area contributed by atoms with Crippen LogP contribution in [0.5, 0.6) is 5.88 Å². The number of rotatable bonds is 7. The summed E-state index contributed by atoms with van der Waals surface area (Å²) >= 11 is 0. The van der Waals surface area contributed by atoms with Gasteiger partial charge in [0.25, 0.3) is 0 Å². The van der Waals surface area contributed by atoms with Gasteiger partial charge < -0.3 is 14.6 Å². The molecule has 0 fully saturated rings. The molecular weight excluding hydrogens is 206 g/mol. The van der Waals surface area contributed by atoms with Crippen LogP contribution >= 0.6 is 0 Å². The third kappa shape index (κ3) is 5.09. The van der Waals surface area contributed by atoms with E-state index >= 15 is 0 Å². The Morgan fingerprint density at radius 3 is 2.69 bits per heavy atom. The Labute approximate surface area is 96.2 Å². The van der Waals surface area contributed by atoms with Crippen LogP contribution in [0.3, 0.4) is 0 Å². The van der Waals surface area contributed by atoms with E-state index in [4.69, 9.17) is 14.6 Å². The lowest BCUT2D eigenvalue weighted by Gasteiger charge is -2.08. The van der Waals surface area contributed by atoms with Crippen LogP contribution in [-0.4, -0.2) is 29.9 Å². The second-order valence-electron chi connectivity index (χ2n) is 3.98. The number of ether oxygens (including phenoxy) is 2. The van der Waals surface area contributed by atoms with Crippen molar-refractivity contribution in [3.63, 3.8) is 0 Å². The highest BCUT2D eigenvalue weighted by molar-refractivity contribution is 5.16. The van der Waals surface area contributed by atoms with Gasteiger partial charge in [0.15, 0.2) is 0 Å². The number of nitrogens with zero attached hydrogens (tertiary/aromatic N) is 1. The maximum absolute atomic E-state index is 8.83. The second kappa shape index (κ2) is 7.19. The minimum atomic E-state index is 0.00474. The lowest BCUT2D eigenvalue weighted by atomic mass is 10.2. The molecule has 16 heavy (non-hydrogen) atoms. The molecule has 0 aromatic carbocycles. The number of pyridine rings is 1. The molecule has 0 saturated heterocycles. The first-order valence-electron chi connectivity index (χ1n) is 5.48. The van der Waals surface area contributed by atoms with Crippen LogP contribution in [0, 0.1) is 5.92 Å². The van der Waals surface area contributed by atoms with Gasteiger partial charge in [0.1, 0.15) is 6.61 Å². The van der Waals surface area contributed by atoms with E-state index in [0.29, 0.717) is 25.0 Å². The first-order chi connectivity index (χ1) is 7.72. The van der Waals surface area contributed by atoms with Gasteiger partial charge in [0.2, 0.25) is 5.88 Å². The van der Waals surface area contributed by atoms with Crippen LogP contribution in [0.25, 0.3) is 0 Å². The maximum atomic E-state index is 8.83. The van der Waals surface area contributed by atoms with E-state index < -0.39 is 0 Å². The summed E-state index contributed by atoms with van der Waals surface area (Å²) < 4.78 is 10.7. The summed E-state index contributed by atoms with van der Waals surface area (Å²) in [6.45, 7) is 6.04. The minimum Gasteiger partial charge on any atom is -0.475 e. The third-order valence-corrected chi connectivity index (χ3v) is 1.91. The van der Waals surface area contributed by atoms with E-state index in [0.717, 1.165) is 12.2 Å². The molecule has 4 heteroatoms. The van der Waals surface area contributed by atoms with Gasteiger partial charge in [-0.25, -0.2) is 4.98 Å². The Hall–Kier alpha value is -1.13. The number of hydrogen-bond donors (Lipinski definition) is 1. The molecule has 0 spiro atoms. The summed E-state index contributed by atoms with van der Waals surface area (Å²) in [5.74, 6) is 1.10. The zero-order chi connectivity index (χ0) is 11.8. The van der Waals surface area contributed by atoms with Crippen LogP contribution in [0.1, 0.15) is 19.4 Å². The van der Waals surface area contributed by atoms with E-state index in [2.05, 4.69) is 18.8 Å². The SMILES string of the molecule is CC(C)COCCOc1ccc(CO)cn1. The number of hydrogen-bond acceptors (Lipinski definition) is 4. The molecule has 0 unspecified atom stereocenters. The van der Waals surface area contributed by atoms with Gasteiger partial charge in [-0.05, 0) is 17.5 Å². The summed E-state index contributed by atoms with van der Waals surface area (Å²) in [7, 11) is 0. The number of aromatic nitrogens is 1. The van der Waals surface area contributed by atoms with Gasteiger partial charge in [-0.2, -0.15) is 0 Å². The van der Waals surface area contributed by atoms with Crippen molar-refractivity contribution in [2.24, 2.45) is 5.92 Å². The lowest BCUT2D eigenvalue weighted by Crippen LogP contribution is -2.10. The minimum absolute atomic E-state index is 0.00474. The van der Waals surface area contributed by atoms with Gasteiger partial charge in [-0.15, -0.1) is 0 Å². The van der Waals surface area contributed by atoms with Crippen LogP contribution < -0.4 is 4.74 Å². The average Bonchev–Trinajstić information content (AvgIpc) is 2.29. The lowest BCUT2D eigenvalue weighted by molar-refractivity contribution is 0.0806. The van der Waals surface area contributed by atoms with Gasteiger partial charge in [-0.1, -0.05) is 13.8 Å². The molecule has 0 amide bonds. The normalized spacial score (nSPS) is 10.8. The van der Waals surface area contributed by atoms with Crippen molar-refractivity contribution in [1.82, 2.24) is 4.98 Å². The molecule has 1 N–H and O–H groups in total. The van der Waals surface area contributed by atoms with Crippen molar-refractivity contribution in [2.45, 2.75) is 20.5 Å². The fourth-order valence-corrected chi connectivity index (χ4v) is 1.11. The summed E-state index contributed by atoms with van der Waals surface area (Å²) in [6, 6.07) is 3.53. The number of aliphatic hydroxyl groups is 1. The molecule has 0 radical (unpaired) electrons. The van der Waals surface area contributed by atoms with Crippen molar-refractivity contribution in [1.29, 1.82) is 0 Å². The molecule has 1 aromatic rings. The predicted molar refractivity (Wildman–Crippen MR) is 61.3 cm³/mol. The first-order valence-corrected chi connectivity index (χ1v) is 5.48. The highest BCUT2D eigenvalue weighted by Crippen LogP contribution is 2.07. The molecule has 1 aromatic heterocycles. The third-order valence-electron chi connectivity index (χ3n) is 1.91. The molecule has 0 saturated carbocycles. The molecule has 0 aliphatic carbocycles. The van der Waals surface area contributed by atoms with Crippen LogP contribution in [0.2, 0.25) is 0 Å².